The van der Waals surface area contributed by atoms with Crippen LogP contribution in [0.2, 0.25) is 0 Å². The van der Waals surface area contributed by atoms with Crippen LogP contribution in [0, 0.1) is 0 Å². The molecule has 5 heteroatoms. The van der Waals surface area contributed by atoms with Crippen LogP contribution in [0.5, 0.6) is 11.5 Å². The highest BCUT2D eigenvalue weighted by Crippen LogP contribution is 2.35. The molecule has 0 spiro atoms. The monoisotopic (exact) mass is 452 g/mol. The van der Waals surface area contributed by atoms with Gasteiger partial charge in [-0.15, -0.1) is 0 Å². The third-order valence-corrected chi connectivity index (χ3v) is 6.28. The Morgan fingerprint density at radius 3 is 2.40 bits per heavy atom. The summed E-state index contributed by atoms with van der Waals surface area (Å²) in [4.78, 5) is 5.05. The lowest BCUT2D eigenvalue weighted by Gasteiger charge is -2.11. The SMILES string of the molecule is c1ccc(-c2cn3c4ccccc4c4ccc(Oc5cccc(-n6cccn6)c5)cc4c3n2)cc1. The number of ether oxygens (including phenoxy) is 1. The van der Waals surface area contributed by atoms with E-state index in [0.29, 0.717) is 0 Å². The minimum absolute atomic E-state index is 0.752. The number of fused-ring (bicyclic) bond motifs is 6. The predicted molar refractivity (Wildman–Crippen MR) is 139 cm³/mol. The van der Waals surface area contributed by atoms with Crippen molar-refractivity contribution in [1.29, 1.82) is 0 Å². The van der Waals surface area contributed by atoms with E-state index in [-0.39, 0.29) is 0 Å². The van der Waals surface area contributed by atoms with E-state index in [1.165, 1.54) is 5.39 Å². The molecule has 0 atom stereocenters. The molecule has 0 unspecified atom stereocenters. The topological polar surface area (TPSA) is 44.4 Å². The van der Waals surface area contributed by atoms with Crippen molar-refractivity contribution < 1.29 is 4.74 Å². The van der Waals surface area contributed by atoms with Crippen LogP contribution in [0.1, 0.15) is 0 Å². The molecular formula is C30H20N4O. The lowest BCUT2D eigenvalue weighted by molar-refractivity contribution is 0.483. The fraction of sp³-hybridized carbons (Fsp3) is 0. The fourth-order valence-corrected chi connectivity index (χ4v) is 4.67. The van der Waals surface area contributed by atoms with Crippen molar-refractivity contribution in [3.05, 3.63) is 122 Å². The van der Waals surface area contributed by atoms with E-state index in [1.807, 2.05) is 65.5 Å². The first kappa shape index (κ1) is 19.6. The van der Waals surface area contributed by atoms with E-state index in [1.54, 1.807) is 6.20 Å². The van der Waals surface area contributed by atoms with Gasteiger partial charge in [-0.1, -0.05) is 54.6 Å². The second-order valence-corrected chi connectivity index (χ2v) is 8.46. The van der Waals surface area contributed by atoms with Gasteiger partial charge in [0.1, 0.15) is 17.1 Å². The Hall–Kier alpha value is -4.90. The van der Waals surface area contributed by atoms with Gasteiger partial charge in [0, 0.05) is 41.0 Å². The van der Waals surface area contributed by atoms with E-state index in [4.69, 9.17) is 9.72 Å². The predicted octanol–water partition coefficient (Wildman–Crippen LogP) is 7.29. The van der Waals surface area contributed by atoms with E-state index < -0.39 is 0 Å². The highest BCUT2D eigenvalue weighted by Gasteiger charge is 2.14. The number of pyridine rings is 1. The maximum atomic E-state index is 6.30. The molecule has 0 aliphatic rings. The zero-order valence-electron chi connectivity index (χ0n) is 18.7. The van der Waals surface area contributed by atoms with Gasteiger partial charge in [0.2, 0.25) is 0 Å². The van der Waals surface area contributed by atoms with E-state index in [0.717, 1.165) is 50.4 Å². The van der Waals surface area contributed by atoms with Crippen LogP contribution in [-0.4, -0.2) is 19.2 Å². The van der Waals surface area contributed by atoms with Crippen LogP contribution in [0.25, 0.3) is 44.3 Å². The van der Waals surface area contributed by atoms with Crippen LogP contribution < -0.4 is 4.74 Å². The van der Waals surface area contributed by atoms with E-state index in [9.17, 15) is 0 Å². The summed E-state index contributed by atoms with van der Waals surface area (Å²) in [6, 6.07) is 34.8. The van der Waals surface area contributed by atoms with Gasteiger partial charge in [-0.3, -0.25) is 4.40 Å². The summed E-state index contributed by atoms with van der Waals surface area (Å²) in [5.41, 5.74) is 5.03. The maximum Gasteiger partial charge on any atom is 0.146 e. The number of imidazole rings is 1. The van der Waals surface area contributed by atoms with Crippen LogP contribution in [0.15, 0.2) is 122 Å². The van der Waals surface area contributed by atoms with Gasteiger partial charge in [0.25, 0.3) is 0 Å². The Bertz CT molecular complexity index is 1820. The van der Waals surface area contributed by atoms with Crippen molar-refractivity contribution in [2.75, 3.05) is 0 Å². The molecule has 0 radical (unpaired) electrons. The molecule has 7 aromatic rings. The second kappa shape index (κ2) is 7.85. The van der Waals surface area contributed by atoms with Crippen molar-refractivity contribution in [1.82, 2.24) is 19.2 Å². The molecule has 0 saturated heterocycles. The first-order chi connectivity index (χ1) is 17.3. The largest absolute Gasteiger partial charge is 0.457 e. The highest BCUT2D eigenvalue weighted by molar-refractivity contribution is 6.12. The molecule has 0 aliphatic carbocycles. The number of nitrogens with zero attached hydrogens (tertiary/aromatic N) is 4. The molecule has 7 rings (SSSR count). The minimum atomic E-state index is 0.752. The van der Waals surface area contributed by atoms with Gasteiger partial charge >= 0.3 is 0 Å². The van der Waals surface area contributed by atoms with Gasteiger partial charge in [-0.2, -0.15) is 5.10 Å². The average molecular weight is 453 g/mol. The molecule has 0 bridgehead atoms. The number of hydrogen-bond acceptors (Lipinski definition) is 3. The molecule has 0 N–H and O–H groups in total. The number of aromatic nitrogens is 4. The summed E-state index contributed by atoms with van der Waals surface area (Å²) in [5, 5.41) is 7.69. The van der Waals surface area contributed by atoms with E-state index >= 15 is 0 Å². The van der Waals surface area contributed by atoms with Gasteiger partial charge < -0.3 is 4.74 Å². The van der Waals surface area contributed by atoms with Gasteiger partial charge in [0.15, 0.2) is 0 Å². The smallest absolute Gasteiger partial charge is 0.146 e. The highest BCUT2D eigenvalue weighted by atomic mass is 16.5. The zero-order chi connectivity index (χ0) is 23.2. The van der Waals surface area contributed by atoms with Crippen molar-refractivity contribution in [2.45, 2.75) is 0 Å². The summed E-state index contributed by atoms with van der Waals surface area (Å²) in [6.45, 7) is 0. The molecular weight excluding hydrogens is 432 g/mol. The van der Waals surface area contributed by atoms with Crippen LogP contribution >= 0.6 is 0 Å². The molecule has 4 aromatic carbocycles. The van der Waals surface area contributed by atoms with Gasteiger partial charge in [-0.05, 0) is 47.9 Å². The molecule has 0 fully saturated rings. The molecule has 5 nitrogen and oxygen atoms in total. The Balaban J connectivity index is 1.39. The summed E-state index contributed by atoms with van der Waals surface area (Å²) in [7, 11) is 0. The van der Waals surface area contributed by atoms with Crippen molar-refractivity contribution in [2.24, 2.45) is 0 Å². The first-order valence-corrected chi connectivity index (χ1v) is 11.5. The molecule has 3 aromatic heterocycles. The molecule has 0 saturated carbocycles. The summed E-state index contributed by atoms with van der Waals surface area (Å²) >= 11 is 0. The van der Waals surface area contributed by atoms with E-state index in [2.05, 4.69) is 64.2 Å². The van der Waals surface area contributed by atoms with Crippen molar-refractivity contribution in [3.8, 4) is 28.4 Å². The molecule has 35 heavy (non-hydrogen) atoms. The number of hydrogen-bond donors (Lipinski definition) is 0. The summed E-state index contributed by atoms with van der Waals surface area (Å²) < 4.78 is 10.3. The van der Waals surface area contributed by atoms with Crippen LogP contribution in [0.4, 0.5) is 0 Å². The molecule has 0 amide bonds. The number of para-hydroxylation sites is 1. The van der Waals surface area contributed by atoms with Crippen LogP contribution in [0.3, 0.4) is 0 Å². The Labute approximate surface area is 201 Å². The van der Waals surface area contributed by atoms with Crippen LogP contribution in [-0.2, 0) is 0 Å². The first-order valence-electron chi connectivity index (χ1n) is 11.5. The van der Waals surface area contributed by atoms with Crippen molar-refractivity contribution >= 4 is 27.3 Å². The molecule has 166 valence electrons. The second-order valence-electron chi connectivity index (χ2n) is 8.46. The normalized spacial score (nSPS) is 11.4. The summed E-state index contributed by atoms with van der Waals surface area (Å²) in [6.07, 6.45) is 5.80. The number of rotatable bonds is 4. The Morgan fingerprint density at radius 2 is 1.51 bits per heavy atom. The van der Waals surface area contributed by atoms with Gasteiger partial charge in [0.05, 0.1) is 16.9 Å². The summed E-state index contributed by atoms with van der Waals surface area (Å²) in [5.74, 6) is 1.51. The zero-order valence-corrected chi connectivity index (χ0v) is 18.7. The van der Waals surface area contributed by atoms with Gasteiger partial charge in [-0.25, -0.2) is 9.67 Å². The Morgan fingerprint density at radius 1 is 0.657 bits per heavy atom. The standard InChI is InChI=1S/C30H20N4O/c1-2-8-21(9-3-1)28-20-33-29-13-5-4-12-26(29)25-15-14-24(19-27(25)30(33)32-28)35-23-11-6-10-22(18-23)34-17-7-16-31-34/h1-20H. The fourth-order valence-electron chi connectivity index (χ4n) is 4.67. The molecule has 0 aliphatic heterocycles. The third kappa shape index (κ3) is 3.33. The minimum Gasteiger partial charge on any atom is -0.457 e. The number of benzene rings is 4. The average Bonchev–Trinajstić information content (AvgIpc) is 3.61. The van der Waals surface area contributed by atoms with Crippen molar-refractivity contribution in [3.63, 3.8) is 0 Å². The quantitative estimate of drug-likeness (QED) is 0.264. The lowest BCUT2D eigenvalue weighted by atomic mass is 10.1. The maximum absolute atomic E-state index is 6.30. The lowest BCUT2D eigenvalue weighted by Crippen LogP contribution is -1.95. The third-order valence-electron chi connectivity index (χ3n) is 6.28. The Kier molecular flexibility index (Phi) is 4.39. The molecule has 3 heterocycles.